The molecule has 0 radical (unpaired) electrons. The number of aromatic nitrogens is 4. The molecule has 0 fully saturated rings. The number of hydrogen-bond donors (Lipinski definition) is 2. The maximum atomic E-state index is 4.32. The van der Waals surface area contributed by atoms with E-state index in [2.05, 4.69) is 34.1 Å². The molecule has 2 aromatic rings. The molecule has 0 amide bonds. The van der Waals surface area contributed by atoms with E-state index in [9.17, 15) is 0 Å². The van der Waals surface area contributed by atoms with Gasteiger partial charge in [0.1, 0.15) is 11.6 Å². The lowest BCUT2D eigenvalue weighted by Crippen LogP contribution is -2.25. The second-order valence-corrected chi connectivity index (χ2v) is 3.98. The fourth-order valence-corrected chi connectivity index (χ4v) is 1.84. The summed E-state index contributed by atoms with van der Waals surface area (Å²) in [5.74, 6) is 1.97. The van der Waals surface area contributed by atoms with Gasteiger partial charge in [0.25, 0.3) is 0 Å². The lowest BCUT2D eigenvalue weighted by molar-refractivity contribution is 0.455. The molecule has 2 unspecified atom stereocenters. The largest absolute Gasteiger partial charge is 0.347 e. The third-order valence-corrected chi connectivity index (χ3v) is 2.68. The second-order valence-electron chi connectivity index (χ2n) is 3.98. The molecule has 0 aliphatic carbocycles. The van der Waals surface area contributed by atoms with Crippen molar-refractivity contribution in [2.24, 2.45) is 7.05 Å². The summed E-state index contributed by atoms with van der Waals surface area (Å²) in [5, 5.41) is 3.45. The third kappa shape index (κ3) is 2.14. The van der Waals surface area contributed by atoms with Crippen LogP contribution in [0.2, 0.25) is 0 Å². The lowest BCUT2D eigenvalue weighted by atomic mass is 10.2. The maximum absolute atomic E-state index is 4.32. The zero-order valence-corrected chi connectivity index (χ0v) is 9.81. The number of aryl methyl sites for hydroxylation is 1. The number of nitrogens with one attached hydrogen (secondary N) is 2. The Morgan fingerprint density at radius 3 is 2.62 bits per heavy atom. The van der Waals surface area contributed by atoms with Crippen molar-refractivity contribution in [3.8, 4) is 0 Å². The standard InChI is InChI=1S/C11H17N5/c1-8(10-12-4-5-13-10)15-9(2)11-14-6-7-16(11)3/h4-9,15H,1-3H3,(H,12,13). The molecule has 2 heterocycles. The van der Waals surface area contributed by atoms with E-state index in [1.165, 1.54) is 0 Å². The molecule has 16 heavy (non-hydrogen) atoms. The monoisotopic (exact) mass is 219 g/mol. The number of imidazole rings is 2. The molecule has 0 spiro atoms. The van der Waals surface area contributed by atoms with Crippen molar-refractivity contribution >= 4 is 0 Å². The molecule has 2 atom stereocenters. The van der Waals surface area contributed by atoms with Gasteiger partial charge in [-0.25, -0.2) is 9.97 Å². The first-order valence-electron chi connectivity index (χ1n) is 5.41. The van der Waals surface area contributed by atoms with Crippen molar-refractivity contribution < 1.29 is 0 Å². The van der Waals surface area contributed by atoms with E-state index in [1.54, 1.807) is 6.20 Å². The topological polar surface area (TPSA) is 58.5 Å². The number of aromatic amines is 1. The van der Waals surface area contributed by atoms with Crippen LogP contribution in [0.3, 0.4) is 0 Å². The molecular weight excluding hydrogens is 202 g/mol. The lowest BCUT2D eigenvalue weighted by Gasteiger charge is -2.18. The van der Waals surface area contributed by atoms with E-state index < -0.39 is 0 Å². The van der Waals surface area contributed by atoms with Crippen LogP contribution in [0, 0.1) is 0 Å². The van der Waals surface area contributed by atoms with Gasteiger partial charge in [-0.2, -0.15) is 0 Å². The molecule has 0 bridgehead atoms. The minimum absolute atomic E-state index is 0.182. The Bertz CT molecular complexity index is 431. The van der Waals surface area contributed by atoms with Crippen LogP contribution in [0.1, 0.15) is 37.6 Å². The Morgan fingerprint density at radius 2 is 2.06 bits per heavy atom. The highest BCUT2D eigenvalue weighted by Gasteiger charge is 2.15. The smallest absolute Gasteiger partial charge is 0.125 e. The number of nitrogens with zero attached hydrogens (tertiary/aromatic N) is 3. The van der Waals surface area contributed by atoms with Crippen molar-refractivity contribution in [2.45, 2.75) is 25.9 Å². The summed E-state index contributed by atoms with van der Waals surface area (Å²) >= 11 is 0. The minimum atomic E-state index is 0.182. The van der Waals surface area contributed by atoms with E-state index in [1.807, 2.05) is 30.2 Å². The molecule has 0 saturated carbocycles. The average Bonchev–Trinajstić information content (AvgIpc) is 2.86. The highest BCUT2D eigenvalue weighted by atomic mass is 15.1. The molecule has 0 saturated heterocycles. The molecule has 0 aliphatic rings. The third-order valence-electron chi connectivity index (χ3n) is 2.68. The fourth-order valence-electron chi connectivity index (χ4n) is 1.84. The highest BCUT2D eigenvalue weighted by molar-refractivity contribution is 5.00. The van der Waals surface area contributed by atoms with Gasteiger partial charge >= 0.3 is 0 Å². The van der Waals surface area contributed by atoms with Gasteiger partial charge in [0.15, 0.2) is 0 Å². The summed E-state index contributed by atoms with van der Waals surface area (Å²) in [6.45, 7) is 4.18. The van der Waals surface area contributed by atoms with Gasteiger partial charge in [0.2, 0.25) is 0 Å². The number of H-pyrrole nitrogens is 1. The van der Waals surface area contributed by atoms with Crippen molar-refractivity contribution in [3.63, 3.8) is 0 Å². The van der Waals surface area contributed by atoms with Crippen LogP contribution in [0.4, 0.5) is 0 Å². The number of hydrogen-bond acceptors (Lipinski definition) is 3. The van der Waals surface area contributed by atoms with E-state index >= 15 is 0 Å². The predicted molar refractivity (Wildman–Crippen MR) is 61.8 cm³/mol. The van der Waals surface area contributed by atoms with Crippen LogP contribution in [-0.4, -0.2) is 19.5 Å². The maximum Gasteiger partial charge on any atom is 0.125 e. The van der Waals surface area contributed by atoms with Gasteiger partial charge in [-0.05, 0) is 13.8 Å². The van der Waals surface area contributed by atoms with Gasteiger partial charge in [-0.1, -0.05) is 0 Å². The van der Waals surface area contributed by atoms with E-state index in [0.717, 1.165) is 11.6 Å². The Hall–Kier alpha value is -1.62. The van der Waals surface area contributed by atoms with Gasteiger partial charge < -0.3 is 9.55 Å². The molecule has 0 aliphatic heterocycles. The van der Waals surface area contributed by atoms with Gasteiger partial charge in [0.05, 0.1) is 12.1 Å². The zero-order chi connectivity index (χ0) is 11.5. The van der Waals surface area contributed by atoms with E-state index in [4.69, 9.17) is 0 Å². The number of rotatable bonds is 4. The summed E-state index contributed by atoms with van der Waals surface area (Å²) in [6, 6.07) is 0.377. The summed E-state index contributed by atoms with van der Waals surface area (Å²) in [7, 11) is 2.00. The molecule has 2 aromatic heterocycles. The minimum Gasteiger partial charge on any atom is -0.347 e. The van der Waals surface area contributed by atoms with Crippen molar-refractivity contribution in [2.75, 3.05) is 0 Å². The van der Waals surface area contributed by atoms with Gasteiger partial charge in [0, 0.05) is 31.8 Å². The molecule has 5 heteroatoms. The second kappa shape index (κ2) is 4.49. The van der Waals surface area contributed by atoms with Gasteiger partial charge in [-0.15, -0.1) is 0 Å². The molecule has 5 nitrogen and oxygen atoms in total. The van der Waals surface area contributed by atoms with Crippen LogP contribution in [0.5, 0.6) is 0 Å². The molecule has 86 valence electrons. The summed E-state index contributed by atoms with van der Waals surface area (Å²) in [6.07, 6.45) is 7.36. The van der Waals surface area contributed by atoms with Crippen LogP contribution < -0.4 is 5.32 Å². The van der Waals surface area contributed by atoms with Gasteiger partial charge in [-0.3, -0.25) is 5.32 Å². The SMILES string of the molecule is CC(NC(C)c1nccn1C)c1ncc[nH]1. The first-order valence-corrected chi connectivity index (χ1v) is 5.41. The summed E-state index contributed by atoms with van der Waals surface area (Å²) < 4.78 is 2.02. The summed E-state index contributed by atoms with van der Waals surface area (Å²) in [4.78, 5) is 11.6. The molecule has 0 aromatic carbocycles. The van der Waals surface area contributed by atoms with Crippen molar-refractivity contribution in [1.82, 2.24) is 24.8 Å². The molecular formula is C11H17N5. The fraction of sp³-hybridized carbons (Fsp3) is 0.455. The molecule has 2 rings (SSSR count). The molecule has 2 N–H and O–H groups in total. The average molecular weight is 219 g/mol. The van der Waals surface area contributed by atoms with Crippen LogP contribution in [0.15, 0.2) is 24.8 Å². The highest BCUT2D eigenvalue weighted by Crippen LogP contribution is 2.14. The van der Waals surface area contributed by atoms with Crippen molar-refractivity contribution in [1.29, 1.82) is 0 Å². The van der Waals surface area contributed by atoms with E-state index in [0.29, 0.717) is 0 Å². The van der Waals surface area contributed by atoms with Crippen molar-refractivity contribution in [3.05, 3.63) is 36.4 Å². The first kappa shape index (κ1) is 10.9. The predicted octanol–water partition coefficient (Wildman–Crippen LogP) is 1.55. The Kier molecular flexibility index (Phi) is 3.05. The van der Waals surface area contributed by atoms with Crippen LogP contribution in [0.25, 0.3) is 0 Å². The van der Waals surface area contributed by atoms with Crippen LogP contribution in [-0.2, 0) is 7.05 Å². The Labute approximate surface area is 94.9 Å². The quantitative estimate of drug-likeness (QED) is 0.820. The normalized spacial score (nSPS) is 14.9. The summed E-state index contributed by atoms with van der Waals surface area (Å²) in [5.41, 5.74) is 0. The first-order chi connectivity index (χ1) is 7.68. The van der Waals surface area contributed by atoms with E-state index in [-0.39, 0.29) is 12.1 Å². The Balaban J connectivity index is 2.03. The van der Waals surface area contributed by atoms with Crippen LogP contribution >= 0.6 is 0 Å². The zero-order valence-electron chi connectivity index (χ0n) is 9.81. The Morgan fingerprint density at radius 1 is 1.25 bits per heavy atom.